The molecule has 0 unspecified atom stereocenters. The van der Waals surface area contributed by atoms with Gasteiger partial charge in [0.2, 0.25) is 0 Å². The monoisotopic (exact) mass is 429 g/mol. The molecule has 0 atom stereocenters. The molecule has 3 heterocycles. The standard InChI is InChI=1S/C26H27N3O3/c1-16-13-20(15-29(3)26(16)30)22-7-8-23-24(28-17(2)27-23)25(22)32-21-6-4-5-19(14-21)18-9-11-31-12-10-18/h4-8,13-15,18H,9-12H2,1-3H3,(H,27,28). The summed E-state index contributed by atoms with van der Waals surface area (Å²) in [7, 11) is 1.77. The molecule has 164 valence electrons. The summed E-state index contributed by atoms with van der Waals surface area (Å²) in [5.41, 5.74) is 5.48. The molecule has 0 saturated carbocycles. The number of imidazole rings is 1. The average Bonchev–Trinajstić information content (AvgIpc) is 3.19. The molecule has 1 aliphatic rings. The second kappa shape index (κ2) is 8.28. The van der Waals surface area contributed by atoms with Crippen LogP contribution in [0.5, 0.6) is 11.5 Å². The van der Waals surface area contributed by atoms with E-state index in [4.69, 9.17) is 14.5 Å². The molecule has 1 saturated heterocycles. The predicted molar refractivity (Wildman–Crippen MR) is 126 cm³/mol. The lowest BCUT2D eigenvalue weighted by Crippen LogP contribution is -2.18. The SMILES string of the molecule is Cc1nc2c(Oc3cccc(C4CCOCC4)c3)c(-c3cc(C)c(=O)n(C)c3)ccc2[nH]1. The molecule has 1 N–H and O–H groups in total. The lowest BCUT2D eigenvalue weighted by Gasteiger charge is -2.23. The highest BCUT2D eigenvalue weighted by Crippen LogP contribution is 2.39. The first kappa shape index (κ1) is 20.5. The normalized spacial score (nSPS) is 14.7. The van der Waals surface area contributed by atoms with Crippen LogP contribution in [0.25, 0.3) is 22.2 Å². The largest absolute Gasteiger partial charge is 0.454 e. The Morgan fingerprint density at radius 3 is 2.72 bits per heavy atom. The van der Waals surface area contributed by atoms with E-state index in [9.17, 15) is 4.79 Å². The van der Waals surface area contributed by atoms with Crippen molar-refractivity contribution in [3.63, 3.8) is 0 Å². The molecule has 32 heavy (non-hydrogen) atoms. The lowest BCUT2D eigenvalue weighted by molar-refractivity contribution is 0.0853. The van der Waals surface area contributed by atoms with E-state index >= 15 is 0 Å². The van der Waals surface area contributed by atoms with Crippen molar-refractivity contribution in [1.29, 1.82) is 0 Å². The minimum absolute atomic E-state index is 0.00271. The third-order valence-corrected chi connectivity index (χ3v) is 6.17. The van der Waals surface area contributed by atoms with Crippen molar-refractivity contribution in [1.82, 2.24) is 14.5 Å². The first-order valence-electron chi connectivity index (χ1n) is 11.0. The summed E-state index contributed by atoms with van der Waals surface area (Å²) in [5.74, 6) is 2.79. The van der Waals surface area contributed by atoms with Gasteiger partial charge in [-0.25, -0.2) is 4.98 Å². The number of H-pyrrole nitrogens is 1. The molecular weight excluding hydrogens is 402 g/mol. The van der Waals surface area contributed by atoms with Gasteiger partial charge in [0.1, 0.15) is 17.1 Å². The van der Waals surface area contributed by atoms with Crippen LogP contribution in [0.3, 0.4) is 0 Å². The molecule has 1 aliphatic heterocycles. The summed E-state index contributed by atoms with van der Waals surface area (Å²) < 4.78 is 13.7. The molecule has 4 aromatic rings. The maximum Gasteiger partial charge on any atom is 0.253 e. The zero-order valence-electron chi connectivity index (χ0n) is 18.6. The van der Waals surface area contributed by atoms with Crippen LogP contribution < -0.4 is 10.3 Å². The topological polar surface area (TPSA) is 69.1 Å². The number of nitrogens with one attached hydrogen (secondary N) is 1. The fourth-order valence-electron chi connectivity index (χ4n) is 4.51. The summed E-state index contributed by atoms with van der Waals surface area (Å²) in [6.45, 7) is 5.38. The van der Waals surface area contributed by atoms with Crippen LogP contribution in [0.1, 0.15) is 35.7 Å². The quantitative estimate of drug-likeness (QED) is 0.482. The van der Waals surface area contributed by atoms with Gasteiger partial charge in [0.15, 0.2) is 5.75 Å². The number of aryl methyl sites for hydroxylation is 3. The minimum Gasteiger partial charge on any atom is -0.454 e. The van der Waals surface area contributed by atoms with Crippen molar-refractivity contribution in [3.05, 3.63) is 76.0 Å². The van der Waals surface area contributed by atoms with Gasteiger partial charge in [0.05, 0.1) is 5.52 Å². The van der Waals surface area contributed by atoms with Crippen molar-refractivity contribution in [3.8, 4) is 22.6 Å². The molecule has 2 aromatic carbocycles. The zero-order valence-corrected chi connectivity index (χ0v) is 18.6. The summed E-state index contributed by atoms with van der Waals surface area (Å²) in [4.78, 5) is 20.2. The van der Waals surface area contributed by atoms with E-state index in [-0.39, 0.29) is 5.56 Å². The second-order valence-electron chi connectivity index (χ2n) is 8.55. The molecular formula is C26H27N3O3. The first-order chi connectivity index (χ1) is 15.5. The summed E-state index contributed by atoms with van der Waals surface area (Å²) in [6, 6.07) is 14.3. The average molecular weight is 430 g/mol. The molecule has 0 aliphatic carbocycles. The Labute approximate surface area is 186 Å². The molecule has 0 spiro atoms. The number of aromatic amines is 1. The maximum absolute atomic E-state index is 12.2. The zero-order chi connectivity index (χ0) is 22.2. The molecule has 2 aromatic heterocycles. The van der Waals surface area contributed by atoms with E-state index in [0.29, 0.717) is 17.2 Å². The molecule has 6 heteroatoms. The highest BCUT2D eigenvalue weighted by atomic mass is 16.5. The van der Waals surface area contributed by atoms with Gasteiger partial charge in [-0.3, -0.25) is 4.79 Å². The Hall–Kier alpha value is -3.38. The maximum atomic E-state index is 12.2. The van der Waals surface area contributed by atoms with Gasteiger partial charge in [-0.2, -0.15) is 0 Å². The first-order valence-corrected chi connectivity index (χ1v) is 11.0. The van der Waals surface area contributed by atoms with Crippen LogP contribution in [-0.2, 0) is 11.8 Å². The van der Waals surface area contributed by atoms with Crippen LogP contribution in [0.4, 0.5) is 0 Å². The van der Waals surface area contributed by atoms with Crippen molar-refractivity contribution in [2.75, 3.05) is 13.2 Å². The van der Waals surface area contributed by atoms with Gasteiger partial charge in [-0.1, -0.05) is 12.1 Å². The Morgan fingerprint density at radius 2 is 1.94 bits per heavy atom. The van der Waals surface area contributed by atoms with Gasteiger partial charge in [0, 0.05) is 43.1 Å². The number of hydrogen-bond acceptors (Lipinski definition) is 4. The van der Waals surface area contributed by atoms with Gasteiger partial charge in [0.25, 0.3) is 5.56 Å². The number of nitrogens with zero attached hydrogens (tertiary/aromatic N) is 2. The van der Waals surface area contributed by atoms with Gasteiger partial charge >= 0.3 is 0 Å². The highest BCUT2D eigenvalue weighted by molar-refractivity contribution is 5.91. The Balaban J connectivity index is 1.62. The Bertz CT molecular complexity index is 1320. The summed E-state index contributed by atoms with van der Waals surface area (Å²) in [6.07, 6.45) is 3.90. The number of pyridine rings is 1. The Morgan fingerprint density at radius 1 is 1.12 bits per heavy atom. The number of rotatable bonds is 4. The van der Waals surface area contributed by atoms with E-state index in [0.717, 1.165) is 59.8 Å². The number of ether oxygens (including phenoxy) is 2. The van der Waals surface area contributed by atoms with E-state index in [2.05, 4.69) is 17.1 Å². The van der Waals surface area contributed by atoms with Gasteiger partial charge in [-0.05, 0) is 68.5 Å². The molecule has 6 nitrogen and oxygen atoms in total. The van der Waals surface area contributed by atoms with Crippen molar-refractivity contribution < 1.29 is 9.47 Å². The molecule has 0 amide bonds. The third-order valence-electron chi connectivity index (χ3n) is 6.17. The van der Waals surface area contributed by atoms with Crippen molar-refractivity contribution >= 4 is 11.0 Å². The predicted octanol–water partition coefficient (Wildman–Crippen LogP) is 5.23. The molecule has 0 radical (unpaired) electrons. The van der Waals surface area contributed by atoms with Crippen molar-refractivity contribution in [2.24, 2.45) is 7.05 Å². The van der Waals surface area contributed by atoms with Crippen LogP contribution in [0.15, 0.2) is 53.5 Å². The molecule has 0 bridgehead atoms. The Kier molecular flexibility index (Phi) is 5.31. The van der Waals surface area contributed by atoms with Crippen molar-refractivity contribution in [2.45, 2.75) is 32.6 Å². The van der Waals surface area contributed by atoms with Crippen LogP contribution >= 0.6 is 0 Å². The lowest BCUT2D eigenvalue weighted by atomic mass is 9.92. The number of benzene rings is 2. The van der Waals surface area contributed by atoms with Gasteiger partial charge in [-0.15, -0.1) is 0 Å². The number of aromatic nitrogens is 3. The van der Waals surface area contributed by atoms with E-state index in [1.807, 2.05) is 50.4 Å². The highest BCUT2D eigenvalue weighted by Gasteiger charge is 2.19. The van der Waals surface area contributed by atoms with Crippen LogP contribution in [0, 0.1) is 13.8 Å². The number of hydrogen-bond donors (Lipinski definition) is 1. The summed E-state index contributed by atoms with van der Waals surface area (Å²) in [5, 5.41) is 0. The van der Waals surface area contributed by atoms with E-state index < -0.39 is 0 Å². The van der Waals surface area contributed by atoms with E-state index in [1.54, 1.807) is 11.6 Å². The minimum atomic E-state index is -0.00271. The molecule has 1 fully saturated rings. The van der Waals surface area contributed by atoms with Crippen LogP contribution in [0.2, 0.25) is 0 Å². The molecule has 5 rings (SSSR count). The fourth-order valence-corrected chi connectivity index (χ4v) is 4.51. The fraction of sp³-hybridized carbons (Fsp3) is 0.308. The summed E-state index contributed by atoms with van der Waals surface area (Å²) >= 11 is 0. The third kappa shape index (κ3) is 3.82. The van der Waals surface area contributed by atoms with E-state index in [1.165, 1.54) is 5.56 Å². The number of fused-ring (bicyclic) bond motifs is 1. The van der Waals surface area contributed by atoms with Crippen LogP contribution in [-0.4, -0.2) is 27.7 Å². The second-order valence-corrected chi connectivity index (χ2v) is 8.55. The smallest absolute Gasteiger partial charge is 0.253 e. The van der Waals surface area contributed by atoms with Gasteiger partial charge < -0.3 is 19.0 Å².